The second-order valence-electron chi connectivity index (χ2n) is 9.32. The predicted octanol–water partition coefficient (Wildman–Crippen LogP) is 5.42. The van der Waals surface area contributed by atoms with Gasteiger partial charge in [-0.1, -0.05) is 49.3 Å². The Hall–Kier alpha value is -2.25. The predicted molar refractivity (Wildman–Crippen MR) is 130 cm³/mol. The molecule has 0 saturated carbocycles. The highest BCUT2D eigenvalue weighted by Crippen LogP contribution is 2.45. The van der Waals surface area contributed by atoms with Crippen molar-refractivity contribution in [2.75, 3.05) is 6.54 Å². The highest BCUT2D eigenvalue weighted by Gasteiger charge is 2.41. The van der Waals surface area contributed by atoms with Gasteiger partial charge in [-0.2, -0.15) is 0 Å². The topological polar surface area (TPSA) is 71.0 Å². The largest absolute Gasteiger partial charge is 0.456 e. The Morgan fingerprint density at radius 1 is 1.31 bits per heavy atom. The second-order valence-corrected chi connectivity index (χ2v) is 10.6. The summed E-state index contributed by atoms with van der Waals surface area (Å²) in [7, 11) is 0. The zero-order valence-electron chi connectivity index (χ0n) is 19.4. The van der Waals surface area contributed by atoms with E-state index in [1.807, 2.05) is 56.2 Å². The molecule has 2 aliphatic rings. The van der Waals surface area contributed by atoms with Crippen LogP contribution in [0, 0.1) is 5.92 Å². The summed E-state index contributed by atoms with van der Waals surface area (Å²) in [5.41, 5.74) is 2.01. The molecule has 0 radical (unpaired) electrons. The Balaban J connectivity index is 2.00. The molecule has 6 nitrogen and oxygen atoms in total. The van der Waals surface area contributed by atoms with Gasteiger partial charge in [-0.25, -0.2) is 9.79 Å². The summed E-state index contributed by atoms with van der Waals surface area (Å²) in [5.74, 6) is -0.133. The summed E-state index contributed by atoms with van der Waals surface area (Å²) in [6.45, 7) is 12.0. The number of allylic oxidation sites excluding steroid dienone is 1. The molecule has 0 aliphatic carbocycles. The van der Waals surface area contributed by atoms with E-state index in [9.17, 15) is 9.59 Å². The number of halogens is 1. The van der Waals surface area contributed by atoms with Crippen molar-refractivity contribution in [3.63, 3.8) is 0 Å². The third kappa shape index (κ3) is 5.75. The highest BCUT2D eigenvalue weighted by molar-refractivity contribution is 8.16. The Morgan fingerprint density at radius 3 is 2.66 bits per heavy atom. The normalized spacial score (nSPS) is 18.4. The molecule has 32 heavy (non-hydrogen) atoms. The van der Waals surface area contributed by atoms with Crippen LogP contribution in [-0.2, 0) is 14.3 Å². The lowest BCUT2D eigenvalue weighted by Gasteiger charge is -2.37. The maximum absolute atomic E-state index is 13.3. The first-order chi connectivity index (χ1) is 15.0. The van der Waals surface area contributed by atoms with Gasteiger partial charge < -0.3 is 15.0 Å². The zero-order valence-corrected chi connectivity index (χ0v) is 20.9. The molecule has 0 fully saturated rings. The van der Waals surface area contributed by atoms with E-state index >= 15 is 0 Å². The molecule has 0 spiro atoms. The van der Waals surface area contributed by atoms with E-state index in [1.165, 1.54) is 11.8 Å². The van der Waals surface area contributed by atoms with Crippen LogP contribution in [-0.4, -0.2) is 34.1 Å². The molecule has 8 heteroatoms. The monoisotopic (exact) mass is 475 g/mol. The number of rotatable bonds is 6. The second kappa shape index (κ2) is 9.71. The van der Waals surface area contributed by atoms with Crippen molar-refractivity contribution in [2.24, 2.45) is 10.9 Å². The van der Waals surface area contributed by atoms with E-state index in [4.69, 9.17) is 16.3 Å². The lowest BCUT2D eigenvalue weighted by molar-refractivity contribution is -0.150. The number of benzene rings is 1. The van der Waals surface area contributed by atoms with Crippen LogP contribution in [0.2, 0.25) is 5.02 Å². The molecule has 172 valence electrons. The van der Waals surface area contributed by atoms with E-state index in [1.54, 1.807) is 6.07 Å². The number of aliphatic imine (C=N–C) groups is 1. The van der Waals surface area contributed by atoms with Gasteiger partial charge >= 0.3 is 5.97 Å². The molecule has 0 aromatic heterocycles. The number of carbonyl (C=O) groups is 2. The number of amidine groups is 1. The van der Waals surface area contributed by atoms with Crippen molar-refractivity contribution < 1.29 is 14.3 Å². The average molecular weight is 476 g/mol. The molecule has 1 amide bonds. The van der Waals surface area contributed by atoms with Crippen LogP contribution < -0.4 is 5.32 Å². The fourth-order valence-corrected chi connectivity index (χ4v) is 4.66. The minimum absolute atomic E-state index is 0.0678. The number of ether oxygens (including phenoxy) is 1. The van der Waals surface area contributed by atoms with E-state index in [0.717, 1.165) is 16.4 Å². The Morgan fingerprint density at radius 2 is 2.03 bits per heavy atom. The van der Waals surface area contributed by atoms with Crippen molar-refractivity contribution in [1.82, 2.24) is 10.2 Å². The summed E-state index contributed by atoms with van der Waals surface area (Å²) in [6.07, 6.45) is 0.191. The van der Waals surface area contributed by atoms with E-state index in [2.05, 4.69) is 24.2 Å². The van der Waals surface area contributed by atoms with Gasteiger partial charge in [0.05, 0.1) is 23.7 Å². The van der Waals surface area contributed by atoms with Crippen molar-refractivity contribution >= 4 is 40.4 Å². The number of nitrogens with zero attached hydrogens (tertiary/aromatic N) is 2. The molecule has 3 rings (SSSR count). The van der Waals surface area contributed by atoms with Gasteiger partial charge in [-0.3, -0.25) is 4.79 Å². The van der Waals surface area contributed by atoms with Gasteiger partial charge in [0.25, 0.3) is 0 Å². The van der Waals surface area contributed by atoms with E-state index in [-0.39, 0.29) is 12.3 Å². The molecule has 1 aromatic carbocycles. The molecule has 0 saturated heterocycles. The van der Waals surface area contributed by atoms with Crippen LogP contribution in [0.1, 0.15) is 59.6 Å². The molecule has 2 aliphatic heterocycles. The standard InChI is InChI=1S/C24H30ClN3O3S/c1-14(2)12-26-19(29)11-18-13-32-23-27-15(3)20(22(30)31-24(4,5)6)21(28(18)23)16-8-7-9-17(25)10-16/h7-10,13-14,21H,11-12H2,1-6H3,(H,26,29). The average Bonchev–Trinajstić information content (AvgIpc) is 3.05. The number of amides is 1. The maximum atomic E-state index is 13.3. The highest BCUT2D eigenvalue weighted by atomic mass is 35.5. The Labute approximate surface area is 199 Å². The fourth-order valence-electron chi connectivity index (χ4n) is 3.50. The summed E-state index contributed by atoms with van der Waals surface area (Å²) < 4.78 is 5.73. The van der Waals surface area contributed by atoms with Crippen LogP contribution >= 0.6 is 23.4 Å². The first kappa shape index (κ1) is 24.4. The summed E-state index contributed by atoms with van der Waals surface area (Å²) >= 11 is 7.75. The molecular formula is C24H30ClN3O3S. The SMILES string of the molecule is CC1=C(C(=O)OC(C)(C)C)C(c2cccc(Cl)c2)N2C(CC(=O)NCC(C)C)=CSC2=N1. The smallest absolute Gasteiger partial charge is 0.338 e. The van der Waals surface area contributed by atoms with Crippen LogP contribution in [0.15, 0.2) is 51.6 Å². The first-order valence-electron chi connectivity index (χ1n) is 10.7. The number of hydrogen-bond acceptors (Lipinski definition) is 6. The van der Waals surface area contributed by atoms with Crippen molar-refractivity contribution in [2.45, 2.75) is 59.6 Å². The Kier molecular flexibility index (Phi) is 7.40. The summed E-state index contributed by atoms with van der Waals surface area (Å²) in [6, 6.07) is 6.92. The molecule has 0 bridgehead atoms. The third-order valence-corrected chi connectivity index (χ3v) is 5.96. The van der Waals surface area contributed by atoms with E-state index in [0.29, 0.717) is 28.8 Å². The van der Waals surface area contributed by atoms with Crippen LogP contribution in [0.3, 0.4) is 0 Å². The van der Waals surface area contributed by atoms with Gasteiger partial charge in [0, 0.05) is 17.3 Å². The quantitative estimate of drug-likeness (QED) is 0.556. The van der Waals surface area contributed by atoms with Gasteiger partial charge in [0.2, 0.25) is 5.91 Å². The van der Waals surface area contributed by atoms with Crippen molar-refractivity contribution in [3.8, 4) is 0 Å². The molecule has 1 N–H and O–H groups in total. The lowest BCUT2D eigenvalue weighted by Crippen LogP contribution is -2.39. The zero-order chi connectivity index (χ0) is 23.6. The van der Waals surface area contributed by atoms with Crippen LogP contribution in [0.25, 0.3) is 0 Å². The summed E-state index contributed by atoms with van der Waals surface area (Å²) in [5, 5.41) is 6.19. The molecule has 1 aromatic rings. The third-order valence-electron chi connectivity index (χ3n) is 4.83. The van der Waals surface area contributed by atoms with Crippen LogP contribution in [0.4, 0.5) is 0 Å². The van der Waals surface area contributed by atoms with Crippen molar-refractivity contribution in [3.05, 3.63) is 57.2 Å². The van der Waals surface area contributed by atoms with Gasteiger partial charge in [0.1, 0.15) is 5.60 Å². The Bertz CT molecular complexity index is 1010. The minimum atomic E-state index is -0.650. The van der Waals surface area contributed by atoms with Crippen LogP contribution in [0.5, 0.6) is 0 Å². The van der Waals surface area contributed by atoms with Gasteiger partial charge in [0.15, 0.2) is 5.17 Å². The molecule has 1 atom stereocenters. The number of fused-ring (bicyclic) bond motifs is 1. The number of thioether (sulfide) groups is 1. The van der Waals surface area contributed by atoms with E-state index < -0.39 is 17.6 Å². The number of esters is 1. The fraction of sp³-hybridized carbons (Fsp3) is 0.458. The number of carbonyl (C=O) groups excluding carboxylic acids is 2. The summed E-state index contributed by atoms with van der Waals surface area (Å²) in [4.78, 5) is 32.5. The molecule has 1 unspecified atom stereocenters. The molecule has 2 heterocycles. The number of hydrogen-bond donors (Lipinski definition) is 1. The number of nitrogens with one attached hydrogen (secondary N) is 1. The van der Waals surface area contributed by atoms with Gasteiger partial charge in [-0.05, 0) is 56.7 Å². The van der Waals surface area contributed by atoms with Gasteiger partial charge in [-0.15, -0.1) is 0 Å². The lowest BCUT2D eigenvalue weighted by atomic mass is 9.93. The molecular weight excluding hydrogens is 446 g/mol. The maximum Gasteiger partial charge on any atom is 0.338 e. The van der Waals surface area contributed by atoms with Crippen molar-refractivity contribution in [1.29, 1.82) is 0 Å². The minimum Gasteiger partial charge on any atom is -0.456 e. The first-order valence-corrected chi connectivity index (χ1v) is 11.9.